The summed E-state index contributed by atoms with van der Waals surface area (Å²) in [6.45, 7) is 0. The van der Waals surface area contributed by atoms with Crippen molar-refractivity contribution in [2.24, 2.45) is 0 Å². The molecule has 1 aliphatic rings. The van der Waals surface area contributed by atoms with E-state index in [0.29, 0.717) is 0 Å². The van der Waals surface area contributed by atoms with Gasteiger partial charge in [-0.2, -0.15) is 4.31 Å². The van der Waals surface area contributed by atoms with E-state index in [1.165, 1.54) is 7.05 Å². The number of nitrogens with zero attached hydrogens (tertiary/aromatic N) is 1. The molecule has 64 valence electrons. The first-order valence-corrected chi connectivity index (χ1v) is 5.95. The summed E-state index contributed by atoms with van der Waals surface area (Å²) in [5.74, 6) is 4.70. The number of rotatable bonds is 0. The van der Waals surface area contributed by atoms with Gasteiger partial charge >= 0.3 is 0 Å². The molecule has 12 heavy (non-hydrogen) atoms. The summed E-state index contributed by atoms with van der Waals surface area (Å²) in [4.78, 5) is 0. The quantitative estimate of drug-likeness (QED) is 0.406. The van der Waals surface area contributed by atoms with E-state index in [1.54, 1.807) is 0 Å². The Morgan fingerprint density at radius 3 is 2.33 bits per heavy atom. The van der Waals surface area contributed by atoms with Crippen LogP contribution in [0.4, 0.5) is 0 Å². The molecule has 1 fully saturated rings. The van der Waals surface area contributed by atoms with Crippen molar-refractivity contribution >= 4 is 19.8 Å². The summed E-state index contributed by atoms with van der Waals surface area (Å²) in [5, 5.41) is -0.454. The predicted octanol–water partition coefficient (Wildman–Crippen LogP) is -0.0866. The molecule has 0 N–H and O–H groups in total. The second-order valence-corrected chi connectivity index (χ2v) is 6.24. The van der Waals surface area contributed by atoms with Gasteiger partial charge in [0, 0.05) is 17.8 Å². The highest BCUT2D eigenvalue weighted by atomic mass is 33.1. The van der Waals surface area contributed by atoms with E-state index in [-0.39, 0.29) is 0 Å². The first-order chi connectivity index (χ1) is 5.53. The highest BCUT2D eigenvalue weighted by Crippen LogP contribution is 2.35. The summed E-state index contributed by atoms with van der Waals surface area (Å²) in [6.07, 6.45) is 10.3. The Kier molecular flexibility index (Phi) is 2.39. The zero-order chi connectivity index (χ0) is 9.35. The molecule has 0 saturated carbocycles. The molecule has 0 amide bonds. The molecule has 0 spiro atoms. The van der Waals surface area contributed by atoms with Gasteiger partial charge in [0.1, 0.15) is 11.3 Å². The molecular weight excluding hydrogens is 194 g/mol. The fourth-order valence-corrected chi connectivity index (χ4v) is 4.20. The molecule has 1 rings (SSSR count). The van der Waals surface area contributed by atoms with Crippen LogP contribution < -0.4 is 0 Å². The molecule has 0 radical (unpaired) electrons. The molecule has 1 saturated heterocycles. The highest BCUT2D eigenvalue weighted by Gasteiger charge is 2.41. The SMILES string of the molecule is C#CC1SS(=O)(=O)N(C)C1C#C. The molecule has 0 bridgehead atoms. The third-order valence-electron chi connectivity index (χ3n) is 1.59. The van der Waals surface area contributed by atoms with E-state index in [1.807, 2.05) is 0 Å². The lowest BCUT2D eigenvalue weighted by atomic mass is 10.2. The van der Waals surface area contributed by atoms with Gasteiger partial charge in [0.25, 0.3) is 9.06 Å². The minimum absolute atomic E-state index is 0.454. The Bertz CT molecular complexity index is 360. The maximum Gasteiger partial charge on any atom is 0.269 e. The number of terminal acetylenes is 2. The molecule has 2 atom stereocenters. The smallest absolute Gasteiger partial charge is 0.200 e. The standard InChI is InChI=1S/C7H7NO2S2/c1-4-6-7(5-2)11-12(9,10)8(6)3/h1-2,6-7H,3H3. The van der Waals surface area contributed by atoms with Crippen LogP contribution in [0, 0.1) is 24.7 Å². The molecule has 0 aromatic heterocycles. The first kappa shape index (κ1) is 9.47. The van der Waals surface area contributed by atoms with Gasteiger partial charge in [-0.25, -0.2) is 8.42 Å². The van der Waals surface area contributed by atoms with Crippen molar-refractivity contribution in [3.8, 4) is 24.7 Å². The van der Waals surface area contributed by atoms with Crippen LogP contribution in [-0.4, -0.2) is 31.1 Å². The minimum atomic E-state index is -3.28. The zero-order valence-electron chi connectivity index (χ0n) is 6.39. The topological polar surface area (TPSA) is 37.4 Å². The maximum absolute atomic E-state index is 11.2. The highest BCUT2D eigenvalue weighted by molar-refractivity contribution is 8.71. The van der Waals surface area contributed by atoms with Crippen LogP contribution >= 0.6 is 10.8 Å². The largest absolute Gasteiger partial charge is 0.269 e. The van der Waals surface area contributed by atoms with Crippen LogP contribution in [-0.2, 0) is 9.06 Å². The molecule has 1 heterocycles. The lowest BCUT2D eigenvalue weighted by Crippen LogP contribution is -2.31. The van der Waals surface area contributed by atoms with E-state index in [9.17, 15) is 8.42 Å². The molecule has 0 aliphatic carbocycles. The van der Waals surface area contributed by atoms with Gasteiger partial charge in [0.05, 0.1) is 0 Å². The fourth-order valence-electron chi connectivity index (χ4n) is 0.893. The number of hydrogen-bond donors (Lipinski definition) is 0. The van der Waals surface area contributed by atoms with Crippen LogP contribution in [0.2, 0.25) is 0 Å². The Morgan fingerprint density at radius 2 is 2.00 bits per heavy atom. The van der Waals surface area contributed by atoms with Crippen molar-refractivity contribution in [3.05, 3.63) is 0 Å². The third-order valence-corrected chi connectivity index (χ3v) is 5.43. The third kappa shape index (κ3) is 1.32. The molecule has 2 unspecified atom stereocenters. The van der Waals surface area contributed by atoms with Crippen molar-refractivity contribution in [1.82, 2.24) is 4.31 Å². The Hall–Kier alpha value is -0.620. The predicted molar refractivity (Wildman–Crippen MR) is 49.5 cm³/mol. The van der Waals surface area contributed by atoms with Crippen molar-refractivity contribution in [2.75, 3.05) is 7.05 Å². The van der Waals surface area contributed by atoms with E-state index in [2.05, 4.69) is 11.8 Å². The molecule has 1 aliphatic heterocycles. The van der Waals surface area contributed by atoms with Gasteiger partial charge < -0.3 is 0 Å². The van der Waals surface area contributed by atoms with Crippen LogP contribution in [0.3, 0.4) is 0 Å². The zero-order valence-corrected chi connectivity index (χ0v) is 8.02. The number of hydrogen-bond acceptors (Lipinski definition) is 3. The summed E-state index contributed by atoms with van der Waals surface area (Å²) in [5.41, 5.74) is 0. The van der Waals surface area contributed by atoms with Crippen molar-refractivity contribution in [1.29, 1.82) is 0 Å². The van der Waals surface area contributed by atoms with Gasteiger partial charge in [-0.3, -0.25) is 0 Å². The molecular formula is C7H7NO2S2. The van der Waals surface area contributed by atoms with Gasteiger partial charge in [-0.05, 0) is 0 Å². The fraction of sp³-hybridized carbons (Fsp3) is 0.429. The normalized spacial score (nSPS) is 33.9. The van der Waals surface area contributed by atoms with Crippen LogP contribution in [0.5, 0.6) is 0 Å². The lowest BCUT2D eigenvalue weighted by molar-refractivity contribution is 0.458. The van der Waals surface area contributed by atoms with E-state index >= 15 is 0 Å². The van der Waals surface area contributed by atoms with Crippen LogP contribution in [0.1, 0.15) is 0 Å². The molecule has 5 heteroatoms. The van der Waals surface area contributed by atoms with Gasteiger partial charge in [-0.1, -0.05) is 11.8 Å². The first-order valence-electron chi connectivity index (χ1n) is 3.11. The second-order valence-electron chi connectivity index (χ2n) is 2.27. The second kappa shape index (κ2) is 3.02. The van der Waals surface area contributed by atoms with E-state index < -0.39 is 20.3 Å². The van der Waals surface area contributed by atoms with Gasteiger partial charge in [0.15, 0.2) is 0 Å². The van der Waals surface area contributed by atoms with E-state index in [0.717, 1.165) is 15.1 Å². The summed E-state index contributed by atoms with van der Waals surface area (Å²) in [7, 11) is -1.12. The van der Waals surface area contributed by atoms with Crippen molar-refractivity contribution in [2.45, 2.75) is 11.3 Å². The van der Waals surface area contributed by atoms with Crippen molar-refractivity contribution in [3.63, 3.8) is 0 Å². The average molecular weight is 201 g/mol. The van der Waals surface area contributed by atoms with Gasteiger partial charge in [0.2, 0.25) is 0 Å². The molecule has 0 aromatic carbocycles. The van der Waals surface area contributed by atoms with Gasteiger partial charge in [-0.15, -0.1) is 12.8 Å². The Labute approximate surface area is 76.0 Å². The Balaban J connectivity index is 3.07. The van der Waals surface area contributed by atoms with Crippen LogP contribution in [0.15, 0.2) is 0 Å². The Morgan fingerprint density at radius 1 is 1.42 bits per heavy atom. The summed E-state index contributed by atoms with van der Waals surface area (Å²) >= 11 is 0. The minimum Gasteiger partial charge on any atom is -0.200 e. The maximum atomic E-state index is 11.2. The summed E-state index contributed by atoms with van der Waals surface area (Å²) < 4.78 is 23.5. The summed E-state index contributed by atoms with van der Waals surface area (Å²) in [6, 6.07) is -0.509. The monoisotopic (exact) mass is 201 g/mol. The average Bonchev–Trinajstić information content (AvgIpc) is 2.24. The lowest BCUT2D eigenvalue weighted by Gasteiger charge is -2.11. The molecule has 3 nitrogen and oxygen atoms in total. The van der Waals surface area contributed by atoms with Crippen LogP contribution in [0.25, 0.3) is 0 Å². The van der Waals surface area contributed by atoms with E-state index in [4.69, 9.17) is 12.8 Å². The van der Waals surface area contributed by atoms with Crippen molar-refractivity contribution < 1.29 is 8.42 Å². The molecule has 0 aromatic rings.